The second-order valence-electron chi connectivity index (χ2n) is 29.0. The normalized spacial score (nSPS) is 20.5. The minimum Gasteiger partial charge on any atom is -0.480 e. The zero-order valence-corrected chi connectivity index (χ0v) is 75.4. The van der Waals surface area contributed by atoms with Crippen molar-refractivity contribution in [2.75, 3.05) is 67.8 Å². The predicted octanol–water partition coefficient (Wildman–Crippen LogP) is 17.6. The maximum absolute atomic E-state index is 12.8. The van der Waals surface area contributed by atoms with Crippen molar-refractivity contribution >= 4 is 77.9 Å². The molecule has 0 aliphatic carbocycles. The number of allylic oxidation sites excluding steroid dienone is 5. The van der Waals surface area contributed by atoms with Gasteiger partial charge in [-0.3, -0.25) is 48.2 Å². The highest BCUT2D eigenvalue weighted by Gasteiger charge is 2.44. The van der Waals surface area contributed by atoms with Crippen LogP contribution in [0, 0.1) is 35.5 Å². The lowest BCUT2D eigenvalue weighted by Crippen LogP contribution is -2.43. The zero-order valence-electron chi connectivity index (χ0n) is 75.4. The van der Waals surface area contributed by atoms with Crippen LogP contribution in [0.2, 0.25) is 0 Å². The Morgan fingerprint density at radius 2 is 0.929 bits per heavy atom. The van der Waals surface area contributed by atoms with Gasteiger partial charge in [0.25, 0.3) is 5.91 Å². The number of amides is 6. The standard InChI is InChI=1S/C16H18N4O3.C16H19NO3.C14H15NO3.C8H13N3O2.3C8H15NO2.C6H10O.C5H8O2.C3H6O.CH4/c1-3-11(4-2)14(18-19-17)15(21)20-13(10-23-16(20)22)12-8-6-5-7-9-12;1-3-12(4-2)10-15(18)17-14(11-20-16(17)19)13-8-6-5-7-9-13;1-2-3-9-13(16)15-12(10-18-14(15)17)11-7-5-4-6-8-11;1-4-6(5-2)7(10-11-9)8(12)13-3;1-3-6-4-5-9-7(6)8(10)11-2;2*1-3-6-4-5-9(2)7(6)8(10)11;1-3-4-5-6(2)7;1-2-3-4-5(6)7;1-2-3-4;/h3,5-9,11,13-14H,1,4,10H2,2H3;3,5-9,12,14H,1,4,10-11H2,2H3;3-9,12H,2,10H2,1H3;4,6-7H,1,5H2,2-3H3;6-7,9H,3-5H2,1-2H3;2*6-7H,3-5H2,1-2H3,(H,10,11);4-5H,3H2,1-2H3;3-4H,2H2,1H3,(H,6,7);3H,2H2,1H3;1H4/b;;9-3+;;;;;5-4+;4-3+;;/t11-,13+,14?;12-,14+;12-;6-,7?;3*6-,7-;;;;/m0010000..../s1. The van der Waals surface area contributed by atoms with Crippen LogP contribution in [-0.4, -0.2) is 216 Å². The van der Waals surface area contributed by atoms with E-state index >= 15 is 0 Å². The van der Waals surface area contributed by atoms with Crippen molar-refractivity contribution in [3.63, 3.8) is 0 Å². The third-order valence-corrected chi connectivity index (χ3v) is 20.8. The van der Waals surface area contributed by atoms with Crippen molar-refractivity contribution in [1.82, 2.24) is 29.8 Å². The third-order valence-electron chi connectivity index (χ3n) is 20.8. The Balaban J connectivity index is 0. The van der Waals surface area contributed by atoms with E-state index in [-0.39, 0.29) is 98.8 Å². The minimum absolute atomic E-state index is 0. The number of aliphatic carboxylic acids is 3. The highest BCUT2D eigenvalue weighted by atomic mass is 16.6. The van der Waals surface area contributed by atoms with Crippen molar-refractivity contribution < 1.29 is 101 Å². The number of carboxylic acids is 3. The van der Waals surface area contributed by atoms with Crippen LogP contribution in [0.25, 0.3) is 20.9 Å². The Labute approximate surface area is 743 Å². The quantitative estimate of drug-likeness (QED) is 0.00704. The Morgan fingerprint density at radius 1 is 0.540 bits per heavy atom. The highest BCUT2D eigenvalue weighted by Crippen LogP contribution is 2.34. The minimum atomic E-state index is -1.01. The topological polar surface area (TPSA) is 454 Å². The number of carbonyl (C=O) groups excluding carboxylic acids is 10. The van der Waals surface area contributed by atoms with E-state index in [0.717, 1.165) is 118 Å². The average molecular weight is 1760 g/mol. The monoisotopic (exact) mass is 1760 g/mol. The van der Waals surface area contributed by atoms with Crippen LogP contribution in [0.4, 0.5) is 14.4 Å². The summed E-state index contributed by atoms with van der Waals surface area (Å²) in [4.78, 5) is 158. The van der Waals surface area contributed by atoms with Crippen molar-refractivity contribution in [2.24, 2.45) is 45.7 Å². The number of rotatable bonds is 30. The molecule has 6 heterocycles. The number of nitrogens with zero attached hydrogens (tertiary/aromatic N) is 11. The molecule has 3 aromatic carbocycles. The van der Waals surface area contributed by atoms with E-state index < -0.39 is 66.2 Å². The lowest BCUT2D eigenvalue weighted by molar-refractivity contribution is -0.144. The summed E-state index contributed by atoms with van der Waals surface area (Å²) in [5.74, 6) is -3.04. The second-order valence-corrected chi connectivity index (χ2v) is 29.0. The van der Waals surface area contributed by atoms with Gasteiger partial charge in [-0.1, -0.05) is 234 Å². The van der Waals surface area contributed by atoms with Gasteiger partial charge in [-0.25, -0.2) is 33.9 Å². The van der Waals surface area contributed by atoms with Crippen LogP contribution < -0.4 is 5.32 Å². The number of azide groups is 2. The van der Waals surface area contributed by atoms with Crippen LogP contribution in [0.3, 0.4) is 0 Å². The van der Waals surface area contributed by atoms with Gasteiger partial charge in [-0.05, 0) is 174 Å². The lowest BCUT2D eigenvalue weighted by Gasteiger charge is -2.25. The smallest absolute Gasteiger partial charge is 0.417 e. The van der Waals surface area contributed by atoms with E-state index in [1.165, 1.54) is 30.1 Å². The molecular weight excluding hydrogens is 1620 g/mol. The first-order valence-electron chi connectivity index (χ1n) is 42.3. The number of hydrogen-bond acceptors (Lipinski definition) is 23. The van der Waals surface area contributed by atoms with E-state index in [4.69, 9.17) is 40.6 Å². The molecule has 0 radical (unpaired) electrons. The van der Waals surface area contributed by atoms with E-state index in [1.807, 2.05) is 169 Å². The van der Waals surface area contributed by atoms with Gasteiger partial charge < -0.3 is 49.1 Å². The van der Waals surface area contributed by atoms with E-state index in [2.05, 4.69) is 75.4 Å². The number of ketones is 1. The lowest BCUT2D eigenvalue weighted by atomic mass is 9.95. The number of cyclic esters (lactones) is 3. The van der Waals surface area contributed by atoms with E-state index in [0.29, 0.717) is 43.4 Å². The molecule has 6 aliphatic rings. The molecule has 9 rings (SSSR count). The largest absolute Gasteiger partial charge is 0.480 e. The number of carboxylic acid groups (broad SMARTS) is 3. The van der Waals surface area contributed by atoms with Crippen LogP contribution >= 0.6 is 0 Å². The van der Waals surface area contributed by atoms with E-state index in [1.54, 1.807) is 43.4 Å². The summed E-state index contributed by atoms with van der Waals surface area (Å²) in [5.41, 5.74) is 19.6. The first kappa shape index (κ1) is 116. The summed E-state index contributed by atoms with van der Waals surface area (Å²) < 4.78 is 24.2. The Kier molecular flexibility index (Phi) is 62.2. The molecule has 3 aromatic rings. The number of likely N-dealkylation sites (N-methyl/N-ethyl adjacent to an activating group) is 2. The average Bonchev–Trinajstić information content (AvgIpc) is 1.63. The number of methoxy groups -OCH3 is 2. The molecule has 33 nitrogen and oxygen atoms in total. The Hall–Kier alpha value is -11.9. The van der Waals surface area contributed by atoms with Gasteiger partial charge in [-0.2, -0.15) is 0 Å². The number of imide groups is 3. The molecule has 6 aliphatic heterocycles. The number of ether oxygens (including phenoxy) is 5. The highest BCUT2D eigenvalue weighted by molar-refractivity contribution is 6.00. The molecule has 14 atom stereocenters. The molecular formula is C93H138N12O21. The number of benzene rings is 3. The van der Waals surface area contributed by atoms with Crippen LogP contribution in [0.5, 0.6) is 0 Å². The summed E-state index contributed by atoms with van der Waals surface area (Å²) in [5, 5.41) is 35.7. The molecule has 6 amide bonds. The number of esters is 2. The first-order chi connectivity index (χ1) is 59.8. The van der Waals surface area contributed by atoms with Crippen LogP contribution in [-0.2, 0) is 71.6 Å². The first-order valence-corrected chi connectivity index (χ1v) is 42.3. The molecule has 0 bridgehead atoms. The second kappa shape index (κ2) is 67.5. The number of nitrogens with one attached hydrogen (secondary N) is 1. The fourth-order valence-corrected chi connectivity index (χ4v) is 13.6. The fourth-order valence-electron chi connectivity index (χ4n) is 13.6. The molecule has 0 spiro atoms. The van der Waals surface area contributed by atoms with Gasteiger partial charge >= 0.3 is 48.1 Å². The molecule has 6 fully saturated rings. The summed E-state index contributed by atoms with van der Waals surface area (Å²) in [6.45, 7) is 35.4. The number of carbonyl (C=O) groups is 13. The number of aldehydes is 1. The molecule has 0 aromatic heterocycles. The van der Waals surface area contributed by atoms with Crippen LogP contribution in [0.15, 0.2) is 176 Å². The van der Waals surface area contributed by atoms with Gasteiger partial charge in [0.05, 0.1) is 14.2 Å². The van der Waals surface area contributed by atoms with Gasteiger partial charge in [0.1, 0.15) is 74.4 Å². The summed E-state index contributed by atoms with van der Waals surface area (Å²) in [7, 11) is 6.47. The maximum atomic E-state index is 12.8. The fraction of sp³-hybridized carbons (Fsp3) is 0.538. The molecule has 6 saturated heterocycles. The summed E-state index contributed by atoms with van der Waals surface area (Å²) in [6, 6.07) is 24.5. The summed E-state index contributed by atoms with van der Waals surface area (Å²) >= 11 is 0. The number of likely N-dealkylation sites (tertiary alicyclic amines) is 2. The molecule has 126 heavy (non-hydrogen) atoms. The molecule has 2 unspecified atom stereocenters. The van der Waals surface area contributed by atoms with Crippen molar-refractivity contribution in [2.45, 2.75) is 222 Å². The van der Waals surface area contributed by atoms with Gasteiger partial charge in [0.15, 0.2) is 5.78 Å². The summed E-state index contributed by atoms with van der Waals surface area (Å²) in [6.07, 6.45) is 24.9. The molecule has 4 N–H and O–H groups in total. The van der Waals surface area contributed by atoms with E-state index in [9.17, 15) is 62.3 Å². The van der Waals surface area contributed by atoms with Crippen molar-refractivity contribution in [1.29, 1.82) is 0 Å². The van der Waals surface area contributed by atoms with Crippen molar-refractivity contribution in [3.05, 3.63) is 203 Å². The third kappa shape index (κ3) is 40.8. The zero-order chi connectivity index (χ0) is 94.5. The van der Waals surface area contributed by atoms with Crippen LogP contribution in [0.1, 0.15) is 208 Å². The Bertz CT molecular complexity index is 3960. The SMILES string of the molecule is C.C=C[C@@H](CC)C(N=[N+]=[N-])C(=O)N1C(=O)OC[C@@H]1c1ccccc1.C=C[C@@H](CC)C(N=[N+]=[N-])C(=O)OC.C=C[C@@H](CC)CC(=O)N1C(=O)OC[C@@H]1c1ccccc1.CC/C=C/C(=O)N1C(=O)OC[C@@H]1c1ccccc1.CC/C=C/C(=O)O.CC/C=C/C(C)=O.CCC=O.CC[C@H]1CCN(C)[C@@H]1C(=O)O.CC[C@H]1CCN(C)[C@@H]1C(=O)O.CC[C@H]1CCN[C@@H]1C(=O)OC. The molecule has 33 heteroatoms. The van der Waals surface area contributed by atoms with Crippen molar-refractivity contribution in [3.8, 4) is 0 Å². The maximum Gasteiger partial charge on any atom is 0.417 e. The predicted molar refractivity (Wildman–Crippen MR) is 483 cm³/mol. The van der Waals surface area contributed by atoms with Gasteiger partial charge in [0.2, 0.25) is 11.8 Å². The number of hydrogen-bond donors (Lipinski definition) is 4. The molecule has 696 valence electrons. The van der Waals surface area contributed by atoms with Gasteiger partial charge in [-0.15, -0.1) is 19.7 Å². The molecule has 0 saturated carbocycles. The van der Waals surface area contributed by atoms with Gasteiger partial charge in [0, 0.05) is 28.7 Å². The Morgan fingerprint density at radius 3 is 1.25 bits per heavy atom.